The van der Waals surface area contributed by atoms with Gasteiger partial charge in [-0.3, -0.25) is 4.79 Å². The number of esters is 1. The molecule has 0 spiro atoms. The molecule has 18 heavy (non-hydrogen) atoms. The van der Waals surface area contributed by atoms with Crippen LogP contribution in [-0.2, 0) is 16.1 Å². The van der Waals surface area contributed by atoms with Gasteiger partial charge in [-0.1, -0.05) is 12.1 Å². The molecule has 0 radical (unpaired) electrons. The molecule has 100 valence electrons. The standard InChI is InChI=1S/C14H21NO3/c1-4-18-13-6-5-12(9-11(13)2)10-15-8-7-14(16)17-3/h5-6,9,15H,4,7-8,10H2,1-3H3. The lowest BCUT2D eigenvalue weighted by Gasteiger charge is -2.09. The Morgan fingerprint density at radius 2 is 2.17 bits per heavy atom. The molecule has 4 heteroatoms. The monoisotopic (exact) mass is 251 g/mol. The third-order valence-electron chi connectivity index (χ3n) is 2.60. The second-order valence-electron chi connectivity index (χ2n) is 4.04. The van der Waals surface area contributed by atoms with Gasteiger partial charge >= 0.3 is 5.97 Å². The van der Waals surface area contributed by atoms with Crippen molar-refractivity contribution in [2.45, 2.75) is 26.8 Å². The Bertz CT molecular complexity index is 391. The molecule has 0 aliphatic carbocycles. The Hall–Kier alpha value is -1.55. The molecule has 1 rings (SSSR count). The van der Waals surface area contributed by atoms with E-state index in [1.165, 1.54) is 12.7 Å². The number of aryl methyl sites for hydroxylation is 1. The molecule has 0 aliphatic heterocycles. The maximum absolute atomic E-state index is 10.9. The highest BCUT2D eigenvalue weighted by Crippen LogP contribution is 2.18. The fraction of sp³-hybridized carbons (Fsp3) is 0.500. The van der Waals surface area contributed by atoms with Gasteiger partial charge < -0.3 is 14.8 Å². The van der Waals surface area contributed by atoms with Gasteiger partial charge in [0, 0.05) is 13.1 Å². The lowest BCUT2D eigenvalue weighted by atomic mass is 10.1. The molecule has 0 atom stereocenters. The van der Waals surface area contributed by atoms with Crippen LogP contribution in [0, 0.1) is 6.92 Å². The van der Waals surface area contributed by atoms with Crippen molar-refractivity contribution in [2.24, 2.45) is 0 Å². The summed E-state index contributed by atoms with van der Waals surface area (Å²) in [5.74, 6) is 0.737. The van der Waals surface area contributed by atoms with Crippen molar-refractivity contribution >= 4 is 5.97 Å². The summed E-state index contributed by atoms with van der Waals surface area (Å²) in [6.07, 6.45) is 0.395. The Morgan fingerprint density at radius 1 is 1.39 bits per heavy atom. The van der Waals surface area contributed by atoms with Gasteiger partial charge in [-0.05, 0) is 31.0 Å². The maximum Gasteiger partial charge on any atom is 0.306 e. The lowest BCUT2D eigenvalue weighted by Crippen LogP contribution is -2.18. The average molecular weight is 251 g/mol. The summed E-state index contributed by atoms with van der Waals surface area (Å²) in [5, 5.41) is 3.20. The van der Waals surface area contributed by atoms with Crippen molar-refractivity contribution in [3.63, 3.8) is 0 Å². The van der Waals surface area contributed by atoms with E-state index in [1.807, 2.05) is 26.0 Å². The summed E-state index contributed by atoms with van der Waals surface area (Å²) in [4.78, 5) is 10.9. The van der Waals surface area contributed by atoms with Crippen LogP contribution in [0.3, 0.4) is 0 Å². The van der Waals surface area contributed by atoms with Crippen LogP contribution in [0.25, 0.3) is 0 Å². The molecule has 0 amide bonds. The van der Waals surface area contributed by atoms with Crippen LogP contribution in [0.15, 0.2) is 18.2 Å². The van der Waals surface area contributed by atoms with Crippen LogP contribution < -0.4 is 10.1 Å². The number of methoxy groups -OCH3 is 1. The first-order chi connectivity index (χ1) is 8.67. The number of carbonyl (C=O) groups is 1. The molecule has 0 saturated carbocycles. The number of benzene rings is 1. The van der Waals surface area contributed by atoms with Gasteiger partial charge in [0.25, 0.3) is 0 Å². The maximum atomic E-state index is 10.9. The summed E-state index contributed by atoms with van der Waals surface area (Å²) in [6.45, 7) is 6.05. The second-order valence-corrected chi connectivity index (χ2v) is 4.04. The number of hydrogen-bond donors (Lipinski definition) is 1. The van der Waals surface area contributed by atoms with Crippen molar-refractivity contribution in [2.75, 3.05) is 20.3 Å². The first kappa shape index (κ1) is 14.5. The SMILES string of the molecule is CCOc1ccc(CNCCC(=O)OC)cc1C. The third-order valence-corrected chi connectivity index (χ3v) is 2.60. The summed E-state index contributed by atoms with van der Waals surface area (Å²) < 4.78 is 10.1. The molecule has 1 aromatic rings. The molecule has 0 saturated heterocycles. The van der Waals surface area contributed by atoms with Crippen molar-refractivity contribution in [1.82, 2.24) is 5.32 Å². The Balaban J connectivity index is 2.39. The van der Waals surface area contributed by atoms with Crippen molar-refractivity contribution in [3.8, 4) is 5.75 Å². The molecule has 1 N–H and O–H groups in total. The van der Waals surface area contributed by atoms with Gasteiger partial charge in [-0.15, -0.1) is 0 Å². The molecular weight excluding hydrogens is 230 g/mol. The predicted molar refractivity (Wildman–Crippen MR) is 70.7 cm³/mol. The molecule has 4 nitrogen and oxygen atoms in total. The largest absolute Gasteiger partial charge is 0.494 e. The molecule has 0 bridgehead atoms. The normalized spacial score (nSPS) is 10.2. The van der Waals surface area contributed by atoms with Gasteiger partial charge in [-0.25, -0.2) is 0 Å². The van der Waals surface area contributed by atoms with E-state index in [1.54, 1.807) is 0 Å². The summed E-state index contributed by atoms with van der Waals surface area (Å²) in [7, 11) is 1.40. The van der Waals surface area contributed by atoms with E-state index >= 15 is 0 Å². The average Bonchev–Trinajstić information content (AvgIpc) is 2.37. The van der Waals surface area contributed by atoms with E-state index in [4.69, 9.17) is 4.74 Å². The lowest BCUT2D eigenvalue weighted by molar-refractivity contribution is -0.140. The number of nitrogens with one attached hydrogen (secondary N) is 1. The Labute approximate surface area is 108 Å². The van der Waals surface area contributed by atoms with Crippen molar-refractivity contribution in [3.05, 3.63) is 29.3 Å². The Kier molecular flexibility index (Phi) is 6.22. The predicted octanol–water partition coefficient (Wildman–Crippen LogP) is 2.05. The van der Waals surface area contributed by atoms with Crippen molar-refractivity contribution < 1.29 is 14.3 Å². The molecular formula is C14H21NO3. The minimum Gasteiger partial charge on any atom is -0.494 e. The summed E-state index contributed by atoms with van der Waals surface area (Å²) in [5.41, 5.74) is 2.31. The van der Waals surface area contributed by atoms with E-state index < -0.39 is 0 Å². The smallest absolute Gasteiger partial charge is 0.306 e. The molecule has 0 aliphatic rings. The molecule has 0 fully saturated rings. The molecule has 0 heterocycles. The minimum atomic E-state index is -0.189. The van der Waals surface area contributed by atoms with Gasteiger partial charge in [0.15, 0.2) is 0 Å². The van der Waals surface area contributed by atoms with E-state index in [-0.39, 0.29) is 5.97 Å². The highest BCUT2D eigenvalue weighted by Gasteiger charge is 2.02. The van der Waals surface area contributed by atoms with Gasteiger partial charge in [-0.2, -0.15) is 0 Å². The second kappa shape index (κ2) is 7.71. The molecule has 0 unspecified atom stereocenters. The Morgan fingerprint density at radius 3 is 2.78 bits per heavy atom. The first-order valence-corrected chi connectivity index (χ1v) is 6.17. The summed E-state index contributed by atoms with van der Waals surface area (Å²) >= 11 is 0. The van der Waals surface area contributed by atoms with E-state index in [9.17, 15) is 4.79 Å². The van der Waals surface area contributed by atoms with Crippen LogP contribution >= 0.6 is 0 Å². The number of ether oxygens (including phenoxy) is 2. The number of rotatable bonds is 7. The third kappa shape index (κ3) is 4.75. The summed E-state index contributed by atoms with van der Waals surface area (Å²) in [6, 6.07) is 6.11. The quantitative estimate of drug-likeness (QED) is 0.595. The zero-order valence-electron chi connectivity index (χ0n) is 11.3. The molecule has 1 aromatic carbocycles. The van der Waals surface area contributed by atoms with Crippen LogP contribution in [0.1, 0.15) is 24.5 Å². The first-order valence-electron chi connectivity index (χ1n) is 6.17. The van der Waals surface area contributed by atoms with E-state index in [0.717, 1.165) is 17.9 Å². The highest BCUT2D eigenvalue weighted by molar-refractivity contribution is 5.69. The minimum absolute atomic E-state index is 0.189. The zero-order valence-corrected chi connectivity index (χ0v) is 11.3. The zero-order chi connectivity index (χ0) is 13.4. The van der Waals surface area contributed by atoms with E-state index in [0.29, 0.717) is 19.6 Å². The van der Waals surface area contributed by atoms with Gasteiger partial charge in [0.1, 0.15) is 5.75 Å². The van der Waals surface area contributed by atoms with Crippen LogP contribution in [-0.4, -0.2) is 26.2 Å². The topological polar surface area (TPSA) is 47.6 Å². The molecule has 0 aromatic heterocycles. The number of carbonyl (C=O) groups excluding carboxylic acids is 1. The van der Waals surface area contributed by atoms with Gasteiger partial charge in [0.2, 0.25) is 0 Å². The van der Waals surface area contributed by atoms with Crippen LogP contribution in [0.4, 0.5) is 0 Å². The van der Waals surface area contributed by atoms with Crippen LogP contribution in [0.2, 0.25) is 0 Å². The van der Waals surface area contributed by atoms with Crippen LogP contribution in [0.5, 0.6) is 5.75 Å². The van der Waals surface area contributed by atoms with E-state index in [2.05, 4.69) is 16.1 Å². The van der Waals surface area contributed by atoms with Crippen molar-refractivity contribution in [1.29, 1.82) is 0 Å². The highest BCUT2D eigenvalue weighted by atomic mass is 16.5. The number of hydrogen-bond acceptors (Lipinski definition) is 4. The van der Waals surface area contributed by atoms with Gasteiger partial charge in [0.05, 0.1) is 20.1 Å². The fourth-order valence-electron chi connectivity index (χ4n) is 1.66. The fourth-order valence-corrected chi connectivity index (χ4v) is 1.66.